The van der Waals surface area contributed by atoms with Crippen molar-refractivity contribution in [2.45, 2.75) is 6.04 Å². The standard InChI is InChI=1S/C18H21N3O3/c1-21(2)15-9-5-13(6-10-15)17(22)12-3-7-14(8-4-12)20-11-16(19)18(23)24/h3-10,16,20H,11,19H2,1-2H3,(H,23,24)/t16-/m1/s1. The first-order valence-corrected chi connectivity index (χ1v) is 7.53. The highest BCUT2D eigenvalue weighted by Crippen LogP contribution is 2.17. The molecule has 0 aliphatic carbocycles. The Kier molecular flexibility index (Phi) is 5.55. The van der Waals surface area contributed by atoms with Crippen LogP contribution in [0.15, 0.2) is 48.5 Å². The summed E-state index contributed by atoms with van der Waals surface area (Å²) in [5.41, 5.74) is 8.36. The number of nitrogens with one attached hydrogen (secondary N) is 1. The minimum atomic E-state index is -1.06. The Hall–Kier alpha value is -2.86. The van der Waals surface area contributed by atoms with Crippen molar-refractivity contribution in [3.05, 3.63) is 59.7 Å². The van der Waals surface area contributed by atoms with Gasteiger partial charge in [0.05, 0.1) is 0 Å². The number of anilines is 2. The van der Waals surface area contributed by atoms with Crippen LogP contribution in [0.5, 0.6) is 0 Å². The number of hydrogen-bond acceptors (Lipinski definition) is 5. The van der Waals surface area contributed by atoms with Crippen LogP contribution in [-0.2, 0) is 4.79 Å². The number of benzene rings is 2. The molecule has 2 rings (SSSR count). The van der Waals surface area contributed by atoms with Crippen LogP contribution >= 0.6 is 0 Å². The van der Waals surface area contributed by atoms with Gasteiger partial charge in [-0.25, -0.2) is 0 Å². The Morgan fingerprint density at radius 1 is 1.04 bits per heavy atom. The van der Waals surface area contributed by atoms with Gasteiger partial charge in [0.15, 0.2) is 5.78 Å². The van der Waals surface area contributed by atoms with Crippen molar-refractivity contribution in [1.82, 2.24) is 0 Å². The third-order valence-corrected chi connectivity index (χ3v) is 3.64. The molecule has 0 heterocycles. The van der Waals surface area contributed by atoms with E-state index in [0.29, 0.717) is 16.8 Å². The van der Waals surface area contributed by atoms with Crippen LogP contribution in [0, 0.1) is 0 Å². The average molecular weight is 327 g/mol. The van der Waals surface area contributed by atoms with Gasteiger partial charge in [-0.3, -0.25) is 9.59 Å². The summed E-state index contributed by atoms with van der Waals surface area (Å²) in [6.07, 6.45) is 0. The van der Waals surface area contributed by atoms with Crippen molar-refractivity contribution in [1.29, 1.82) is 0 Å². The molecule has 0 unspecified atom stereocenters. The molecule has 0 amide bonds. The van der Waals surface area contributed by atoms with E-state index in [0.717, 1.165) is 5.69 Å². The second-order valence-electron chi connectivity index (χ2n) is 5.67. The number of nitrogens with zero attached hydrogens (tertiary/aromatic N) is 1. The molecule has 2 aromatic carbocycles. The molecule has 2 aromatic rings. The van der Waals surface area contributed by atoms with Crippen molar-refractivity contribution < 1.29 is 14.7 Å². The fourth-order valence-corrected chi connectivity index (χ4v) is 2.13. The summed E-state index contributed by atoms with van der Waals surface area (Å²) in [5, 5.41) is 11.7. The predicted octanol–water partition coefficient (Wildman–Crippen LogP) is 1.81. The molecule has 6 nitrogen and oxygen atoms in total. The van der Waals surface area contributed by atoms with E-state index >= 15 is 0 Å². The van der Waals surface area contributed by atoms with Gasteiger partial charge in [-0.2, -0.15) is 0 Å². The molecule has 0 saturated carbocycles. The molecule has 0 fully saturated rings. The SMILES string of the molecule is CN(C)c1ccc(C(=O)c2ccc(NC[C@@H](N)C(=O)O)cc2)cc1. The lowest BCUT2D eigenvalue weighted by Gasteiger charge is -2.12. The molecule has 0 aromatic heterocycles. The zero-order chi connectivity index (χ0) is 17.7. The Balaban J connectivity index is 2.04. The number of rotatable bonds is 7. The maximum absolute atomic E-state index is 12.5. The molecule has 24 heavy (non-hydrogen) atoms. The lowest BCUT2D eigenvalue weighted by atomic mass is 10.0. The van der Waals surface area contributed by atoms with Crippen LogP contribution < -0.4 is 16.0 Å². The van der Waals surface area contributed by atoms with E-state index in [1.54, 1.807) is 36.4 Å². The van der Waals surface area contributed by atoms with Gasteiger partial charge >= 0.3 is 5.97 Å². The van der Waals surface area contributed by atoms with Crippen molar-refractivity contribution in [2.75, 3.05) is 30.9 Å². The summed E-state index contributed by atoms with van der Waals surface area (Å²) in [6.45, 7) is 0.120. The molecule has 4 N–H and O–H groups in total. The minimum Gasteiger partial charge on any atom is -0.480 e. The van der Waals surface area contributed by atoms with Crippen LogP contribution in [0.2, 0.25) is 0 Å². The number of carbonyl (C=O) groups excluding carboxylic acids is 1. The van der Waals surface area contributed by atoms with Gasteiger partial charge in [0.2, 0.25) is 0 Å². The van der Waals surface area contributed by atoms with E-state index in [4.69, 9.17) is 10.8 Å². The normalized spacial score (nSPS) is 11.6. The summed E-state index contributed by atoms with van der Waals surface area (Å²) in [4.78, 5) is 25.1. The van der Waals surface area contributed by atoms with Gasteiger partial charge in [-0.05, 0) is 48.5 Å². The van der Waals surface area contributed by atoms with Crippen molar-refractivity contribution in [3.8, 4) is 0 Å². The summed E-state index contributed by atoms with van der Waals surface area (Å²) in [6, 6.07) is 13.3. The quantitative estimate of drug-likeness (QED) is 0.671. The lowest BCUT2D eigenvalue weighted by molar-refractivity contribution is -0.138. The van der Waals surface area contributed by atoms with Crippen LogP contribution in [-0.4, -0.2) is 43.5 Å². The molecule has 0 aliphatic rings. The topological polar surface area (TPSA) is 95.7 Å². The summed E-state index contributed by atoms with van der Waals surface area (Å²) in [5.74, 6) is -1.12. The Morgan fingerprint density at radius 2 is 1.54 bits per heavy atom. The Bertz CT molecular complexity index is 709. The maximum Gasteiger partial charge on any atom is 0.322 e. The highest BCUT2D eigenvalue weighted by atomic mass is 16.4. The first kappa shape index (κ1) is 17.5. The first-order valence-electron chi connectivity index (χ1n) is 7.53. The number of carboxylic acids is 1. The predicted molar refractivity (Wildman–Crippen MR) is 94.7 cm³/mol. The minimum absolute atomic E-state index is 0.0610. The lowest BCUT2D eigenvalue weighted by Crippen LogP contribution is -2.36. The van der Waals surface area contributed by atoms with E-state index < -0.39 is 12.0 Å². The Morgan fingerprint density at radius 3 is 2.00 bits per heavy atom. The third-order valence-electron chi connectivity index (χ3n) is 3.64. The number of carboxylic acid groups (broad SMARTS) is 1. The monoisotopic (exact) mass is 327 g/mol. The van der Waals surface area contributed by atoms with E-state index in [2.05, 4.69) is 5.32 Å². The highest BCUT2D eigenvalue weighted by Gasteiger charge is 2.12. The van der Waals surface area contributed by atoms with Gasteiger partial charge in [0, 0.05) is 43.1 Å². The second-order valence-corrected chi connectivity index (χ2v) is 5.67. The van der Waals surface area contributed by atoms with Gasteiger partial charge in [-0.15, -0.1) is 0 Å². The van der Waals surface area contributed by atoms with E-state index in [1.807, 2.05) is 31.1 Å². The Labute approximate surface area is 140 Å². The number of carbonyl (C=O) groups is 2. The summed E-state index contributed by atoms with van der Waals surface area (Å²) < 4.78 is 0. The van der Waals surface area contributed by atoms with Crippen molar-refractivity contribution >= 4 is 23.1 Å². The molecule has 0 saturated heterocycles. The van der Waals surface area contributed by atoms with E-state index in [1.165, 1.54) is 0 Å². The van der Waals surface area contributed by atoms with E-state index in [-0.39, 0.29) is 12.3 Å². The zero-order valence-electron chi connectivity index (χ0n) is 13.7. The number of ketones is 1. The number of nitrogens with two attached hydrogens (primary N) is 1. The molecule has 1 atom stereocenters. The highest BCUT2D eigenvalue weighted by molar-refractivity contribution is 6.09. The number of aliphatic carboxylic acids is 1. The van der Waals surface area contributed by atoms with E-state index in [9.17, 15) is 9.59 Å². The number of hydrogen-bond donors (Lipinski definition) is 3. The second kappa shape index (κ2) is 7.61. The van der Waals surface area contributed by atoms with Crippen LogP contribution in [0.3, 0.4) is 0 Å². The van der Waals surface area contributed by atoms with Crippen molar-refractivity contribution in [3.63, 3.8) is 0 Å². The van der Waals surface area contributed by atoms with Crippen LogP contribution in [0.4, 0.5) is 11.4 Å². The fraction of sp³-hybridized carbons (Fsp3) is 0.222. The van der Waals surface area contributed by atoms with Crippen LogP contribution in [0.1, 0.15) is 15.9 Å². The third kappa shape index (κ3) is 4.33. The molecular weight excluding hydrogens is 306 g/mol. The molecule has 0 aliphatic heterocycles. The largest absolute Gasteiger partial charge is 0.480 e. The van der Waals surface area contributed by atoms with Gasteiger partial charge in [0.25, 0.3) is 0 Å². The molecule has 0 spiro atoms. The first-order chi connectivity index (χ1) is 11.4. The van der Waals surface area contributed by atoms with Gasteiger partial charge in [-0.1, -0.05) is 0 Å². The molecule has 0 bridgehead atoms. The smallest absolute Gasteiger partial charge is 0.322 e. The average Bonchev–Trinajstić information content (AvgIpc) is 2.59. The van der Waals surface area contributed by atoms with Crippen molar-refractivity contribution in [2.24, 2.45) is 5.73 Å². The fourth-order valence-electron chi connectivity index (χ4n) is 2.13. The maximum atomic E-state index is 12.5. The molecule has 126 valence electrons. The molecular formula is C18H21N3O3. The van der Waals surface area contributed by atoms with Gasteiger partial charge < -0.3 is 21.1 Å². The van der Waals surface area contributed by atoms with Crippen LogP contribution in [0.25, 0.3) is 0 Å². The zero-order valence-corrected chi connectivity index (χ0v) is 13.7. The summed E-state index contributed by atoms with van der Waals surface area (Å²) in [7, 11) is 3.89. The summed E-state index contributed by atoms with van der Waals surface area (Å²) >= 11 is 0. The molecule has 0 radical (unpaired) electrons. The van der Waals surface area contributed by atoms with Gasteiger partial charge in [0.1, 0.15) is 6.04 Å². The molecule has 6 heteroatoms.